The standard InChI is InChI=1S/C11H16O7/c12-5-8(14)10(16)11(17)9(15)7(13)4-6-2-1-3-18-6/h1-4,8-17H,5H2/b7-4-/t8-,9+,10-,11-/m1/s1. The summed E-state index contributed by atoms with van der Waals surface area (Å²) < 4.78 is 4.88. The van der Waals surface area contributed by atoms with Gasteiger partial charge in [0.2, 0.25) is 0 Å². The van der Waals surface area contributed by atoms with Crippen LogP contribution in [0.25, 0.3) is 6.08 Å². The minimum atomic E-state index is -1.85. The molecule has 0 aliphatic carbocycles. The Balaban J connectivity index is 2.71. The Morgan fingerprint density at radius 3 is 2.39 bits per heavy atom. The van der Waals surface area contributed by atoms with Crippen LogP contribution in [0.15, 0.2) is 28.6 Å². The molecule has 7 heteroatoms. The van der Waals surface area contributed by atoms with Gasteiger partial charge in [-0.1, -0.05) is 0 Å². The molecule has 0 spiro atoms. The average Bonchev–Trinajstić information content (AvgIpc) is 2.87. The molecule has 0 saturated heterocycles. The van der Waals surface area contributed by atoms with Gasteiger partial charge in [-0.05, 0) is 12.1 Å². The highest BCUT2D eigenvalue weighted by molar-refractivity contribution is 5.45. The average molecular weight is 260 g/mol. The molecule has 0 fully saturated rings. The minimum Gasteiger partial charge on any atom is -0.509 e. The highest BCUT2D eigenvalue weighted by atomic mass is 16.4. The molecular weight excluding hydrogens is 244 g/mol. The van der Waals surface area contributed by atoms with Crippen molar-refractivity contribution >= 4 is 6.08 Å². The number of hydrogen-bond donors (Lipinski definition) is 6. The van der Waals surface area contributed by atoms with Gasteiger partial charge in [-0.3, -0.25) is 0 Å². The van der Waals surface area contributed by atoms with Crippen LogP contribution in [0.1, 0.15) is 5.76 Å². The van der Waals surface area contributed by atoms with E-state index in [1.807, 2.05) is 0 Å². The van der Waals surface area contributed by atoms with E-state index >= 15 is 0 Å². The SMILES string of the molecule is OC[C@@H](O)[C@@H](O)[C@H](O)[C@@H](O)/C(O)=C/c1ccco1. The fourth-order valence-corrected chi connectivity index (χ4v) is 1.30. The molecule has 7 nitrogen and oxygen atoms in total. The van der Waals surface area contributed by atoms with E-state index in [1.54, 1.807) is 6.07 Å². The summed E-state index contributed by atoms with van der Waals surface area (Å²) in [4.78, 5) is 0. The van der Waals surface area contributed by atoms with Crippen molar-refractivity contribution < 1.29 is 35.1 Å². The van der Waals surface area contributed by atoms with Crippen LogP contribution in [0.2, 0.25) is 0 Å². The lowest BCUT2D eigenvalue weighted by atomic mass is 10.0. The predicted molar refractivity (Wildman–Crippen MR) is 60.4 cm³/mol. The first-order chi connectivity index (χ1) is 8.47. The smallest absolute Gasteiger partial charge is 0.139 e. The maximum Gasteiger partial charge on any atom is 0.139 e. The van der Waals surface area contributed by atoms with E-state index in [2.05, 4.69) is 0 Å². The second-order valence-corrected chi connectivity index (χ2v) is 3.76. The molecule has 0 bridgehead atoms. The van der Waals surface area contributed by atoms with Crippen LogP contribution in [-0.4, -0.2) is 61.7 Å². The molecule has 4 atom stereocenters. The Bertz CT molecular complexity index is 373. The zero-order valence-electron chi connectivity index (χ0n) is 9.42. The minimum absolute atomic E-state index is 0.246. The Labute approximate surface area is 103 Å². The fourth-order valence-electron chi connectivity index (χ4n) is 1.30. The van der Waals surface area contributed by atoms with Crippen molar-refractivity contribution in [3.05, 3.63) is 29.9 Å². The van der Waals surface area contributed by atoms with Crippen LogP contribution in [0, 0.1) is 0 Å². The van der Waals surface area contributed by atoms with Gasteiger partial charge >= 0.3 is 0 Å². The zero-order valence-corrected chi connectivity index (χ0v) is 9.42. The number of furan rings is 1. The summed E-state index contributed by atoms with van der Waals surface area (Å²) in [5.74, 6) is -0.391. The van der Waals surface area contributed by atoms with E-state index in [4.69, 9.17) is 14.6 Å². The van der Waals surface area contributed by atoms with Gasteiger partial charge in [0, 0.05) is 6.08 Å². The number of aliphatic hydroxyl groups is 6. The summed E-state index contributed by atoms with van der Waals surface area (Å²) in [6, 6.07) is 3.07. The predicted octanol–water partition coefficient (Wildman–Crippen LogP) is -1.39. The lowest BCUT2D eigenvalue weighted by Crippen LogP contribution is -2.46. The number of aliphatic hydroxyl groups excluding tert-OH is 6. The Kier molecular flexibility index (Phi) is 5.32. The fraction of sp³-hybridized carbons (Fsp3) is 0.455. The summed E-state index contributed by atoms with van der Waals surface area (Å²) >= 11 is 0. The molecule has 0 saturated carbocycles. The first-order valence-electron chi connectivity index (χ1n) is 5.24. The van der Waals surface area contributed by atoms with Gasteiger partial charge in [0.05, 0.1) is 12.9 Å². The molecule has 1 heterocycles. The van der Waals surface area contributed by atoms with Crippen molar-refractivity contribution in [3.63, 3.8) is 0 Å². The van der Waals surface area contributed by atoms with Crippen molar-refractivity contribution in [3.8, 4) is 0 Å². The molecule has 0 aliphatic rings. The molecule has 102 valence electrons. The van der Waals surface area contributed by atoms with Gasteiger partial charge in [-0.15, -0.1) is 0 Å². The molecule has 1 aromatic rings. The van der Waals surface area contributed by atoms with Gasteiger partial charge in [0.15, 0.2) is 0 Å². The molecule has 0 aromatic carbocycles. The van der Waals surface area contributed by atoms with E-state index in [1.165, 1.54) is 12.3 Å². The van der Waals surface area contributed by atoms with Gasteiger partial charge in [-0.25, -0.2) is 0 Å². The summed E-state index contributed by atoms with van der Waals surface area (Å²) in [6.45, 7) is -0.784. The van der Waals surface area contributed by atoms with Crippen molar-refractivity contribution in [1.82, 2.24) is 0 Å². The lowest BCUT2D eigenvalue weighted by Gasteiger charge is -2.25. The summed E-state index contributed by atoms with van der Waals surface area (Å²) in [5.41, 5.74) is 0. The van der Waals surface area contributed by atoms with Gasteiger partial charge in [-0.2, -0.15) is 0 Å². The first-order valence-corrected chi connectivity index (χ1v) is 5.24. The van der Waals surface area contributed by atoms with E-state index < -0.39 is 36.8 Å². The van der Waals surface area contributed by atoms with E-state index in [9.17, 15) is 20.4 Å². The second-order valence-electron chi connectivity index (χ2n) is 3.76. The van der Waals surface area contributed by atoms with E-state index in [0.717, 1.165) is 6.08 Å². The van der Waals surface area contributed by atoms with E-state index in [0.29, 0.717) is 0 Å². The van der Waals surface area contributed by atoms with Crippen LogP contribution >= 0.6 is 0 Å². The largest absolute Gasteiger partial charge is 0.509 e. The quantitative estimate of drug-likeness (QED) is 0.347. The van der Waals surface area contributed by atoms with Crippen LogP contribution in [0.3, 0.4) is 0 Å². The summed E-state index contributed by atoms with van der Waals surface area (Å²) in [5, 5.41) is 55.6. The first kappa shape index (κ1) is 14.7. The highest BCUT2D eigenvalue weighted by Gasteiger charge is 2.32. The molecule has 6 N–H and O–H groups in total. The van der Waals surface area contributed by atoms with Crippen molar-refractivity contribution in [2.75, 3.05) is 6.61 Å². The van der Waals surface area contributed by atoms with Crippen LogP contribution < -0.4 is 0 Å². The topological polar surface area (TPSA) is 135 Å². The number of rotatable bonds is 6. The Morgan fingerprint density at radius 2 is 1.89 bits per heavy atom. The summed E-state index contributed by atoms with van der Waals surface area (Å²) in [7, 11) is 0. The Hall–Kier alpha value is -1.38. The molecule has 0 amide bonds. The maximum absolute atomic E-state index is 9.54. The van der Waals surface area contributed by atoms with Crippen LogP contribution in [0.5, 0.6) is 0 Å². The maximum atomic E-state index is 9.54. The Morgan fingerprint density at radius 1 is 1.22 bits per heavy atom. The lowest BCUT2D eigenvalue weighted by molar-refractivity contribution is -0.112. The molecule has 1 rings (SSSR count). The molecule has 0 unspecified atom stereocenters. The third-order valence-corrected chi connectivity index (χ3v) is 2.39. The van der Waals surface area contributed by atoms with Gasteiger partial charge < -0.3 is 35.1 Å². The summed E-state index contributed by atoms with van der Waals surface area (Å²) in [6.07, 6.45) is -4.66. The van der Waals surface area contributed by atoms with Crippen molar-refractivity contribution in [2.24, 2.45) is 0 Å². The van der Waals surface area contributed by atoms with Crippen molar-refractivity contribution in [1.29, 1.82) is 0 Å². The molecule has 1 aromatic heterocycles. The molecule has 18 heavy (non-hydrogen) atoms. The highest BCUT2D eigenvalue weighted by Crippen LogP contribution is 2.14. The molecule has 0 aliphatic heterocycles. The monoisotopic (exact) mass is 260 g/mol. The molecule has 0 radical (unpaired) electrons. The number of hydrogen-bond acceptors (Lipinski definition) is 7. The van der Waals surface area contributed by atoms with E-state index in [-0.39, 0.29) is 5.76 Å². The zero-order chi connectivity index (χ0) is 13.7. The second kappa shape index (κ2) is 6.53. The normalized spacial score (nSPS) is 19.3. The third kappa shape index (κ3) is 3.56. The van der Waals surface area contributed by atoms with Crippen molar-refractivity contribution in [2.45, 2.75) is 24.4 Å². The molecular formula is C11H16O7. The van der Waals surface area contributed by atoms with Gasteiger partial charge in [0.25, 0.3) is 0 Å². The third-order valence-electron chi connectivity index (χ3n) is 2.39. The van der Waals surface area contributed by atoms with Gasteiger partial charge in [0.1, 0.15) is 35.9 Å². The van der Waals surface area contributed by atoms with Crippen LogP contribution in [-0.2, 0) is 0 Å². The van der Waals surface area contributed by atoms with Crippen LogP contribution in [0.4, 0.5) is 0 Å².